The molecule has 0 saturated heterocycles. The molecule has 0 fully saturated rings. The molecule has 0 aromatic heterocycles. The smallest absolute Gasteiger partial charge is 0.307 e. The van der Waals surface area contributed by atoms with Crippen LogP contribution in [0.1, 0.15) is 53.4 Å². The third kappa shape index (κ3) is 9.77. The van der Waals surface area contributed by atoms with Gasteiger partial charge in [0.2, 0.25) is 5.91 Å². The first kappa shape index (κ1) is 20.9. The van der Waals surface area contributed by atoms with Crippen molar-refractivity contribution in [2.75, 3.05) is 39.8 Å². The first-order chi connectivity index (χ1) is 10.4. The Hall–Kier alpha value is -1.10. The maximum atomic E-state index is 12.3. The van der Waals surface area contributed by atoms with Gasteiger partial charge in [-0.3, -0.25) is 9.59 Å². The van der Waals surface area contributed by atoms with Gasteiger partial charge in [0.25, 0.3) is 0 Å². The van der Waals surface area contributed by atoms with Crippen molar-refractivity contribution in [3.63, 3.8) is 0 Å². The molecule has 0 radical (unpaired) electrons. The number of unbranched alkanes of at least 4 members (excludes halogenated alkanes) is 1. The molecule has 0 aromatic rings. The van der Waals surface area contributed by atoms with Crippen molar-refractivity contribution in [1.82, 2.24) is 9.80 Å². The summed E-state index contributed by atoms with van der Waals surface area (Å²) in [6.07, 6.45) is 2.86. The van der Waals surface area contributed by atoms with E-state index in [9.17, 15) is 9.59 Å². The topological polar surface area (TPSA) is 49.9 Å². The molecule has 130 valence electrons. The molecule has 0 aromatic carbocycles. The van der Waals surface area contributed by atoms with Crippen LogP contribution in [-0.2, 0) is 14.3 Å². The quantitative estimate of drug-likeness (QED) is 0.410. The lowest BCUT2D eigenvalue weighted by Crippen LogP contribution is -2.35. The Morgan fingerprint density at radius 2 is 1.59 bits per heavy atom. The minimum atomic E-state index is -0.259. The molecule has 0 rings (SSSR count). The summed E-state index contributed by atoms with van der Waals surface area (Å²) in [6, 6.07) is 0. The largest absolute Gasteiger partial charge is 0.469 e. The van der Waals surface area contributed by atoms with E-state index < -0.39 is 0 Å². The number of carbonyl (C=O) groups excluding carboxylic acids is 2. The number of carbonyl (C=O) groups is 2. The molecule has 0 aliphatic heterocycles. The first-order valence-corrected chi connectivity index (χ1v) is 8.51. The van der Waals surface area contributed by atoms with Gasteiger partial charge >= 0.3 is 5.97 Å². The highest BCUT2D eigenvalue weighted by Crippen LogP contribution is 2.07. The summed E-state index contributed by atoms with van der Waals surface area (Å²) in [7, 11) is 1.38. The predicted octanol–water partition coefficient (Wildman–Crippen LogP) is 2.55. The number of amides is 1. The van der Waals surface area contributed by atoms with Crippen molar-refractivity contribution in [2.45, 2.75) is 53.4 Å². The van der Waals surface area contributed by atoms with Crippen molar-refractivity contribution < 1.29 is 14.3 Å². The summed E-state index contributed by atoms with van der Waals surface area (Å²) in [6.45, 7) is 12.8. The van der Waals surface area contributed by atoms with E-state index in [2.05, 4.69) is 23.5 Å². The highest BCUT2D eigenvalue weighted by atomic mass is 16.5. The van der Waals surface area contributed by atoms with E-state index in [0.29, 0.717) is 18.9 Å². The number of methoxy groups -OCH3 is 1. The zero-order valence-electron chi connectivity index (χ0n) is 15.1. The van der Waals surface area contributed by atoms with Crippen LogP contribution >= 0.6 is 0 Å². The van der Waals surface area contributed by atoms with E-state index in [1.807, 2.05) is 18.7 Å². The van der Waals surface area contributed by atoms with Gasteiger partial charge in [0, 0.05) is 19.5 Å². The van der Waals surface area contributed by atoms with Crippen molar-refractivity contribution >= 4 is 11.9 Å². The van der Waals surface area contributed by atoms with Crippen molar-refractivity contribution in [1.29, 1.82) is 0 Å². The maximum absolute atomic E-state index is 12.3. The fraction of sp³-hybridized carbons (Fsp3) is 0.882. The second-order valence-corrected chi connectivity index (χ2v) is 6.04. The summed E-state index contributed by atoms with van der Waals surface area (Å²) >= 11 is 0. The second-order valence-electron chi connectivity index (χ2n) is 6.04. The van der Waals surface area contributed by atoms with Crippen molar-refractivity contribution in [3.05, 3.63) is 0 Å². The van der Waals surface area contributed by atoms with E-state index in [1.54, 1.807) is 0 Å². The average molecular weight is 314 g/mol. The van der Waals surface area contributed by atoms with Gasteiger partial charge in [0.05, 0.1) is 13.5 Å². The van der Waals surface area contributed by atoms with Crippen LogP contribution in [0, 0.1) is 5.92 Å². The number of ether oxygens (including phenoxy) is 1. The summed E-state index contributed by atoms with van der Waals surface area (Å²) in [5, 5.41) is 0. The van der Waals surface area contributed by atoms with Gasteiger partial charge < -0.3 is 14.5 Å². The lowest BCUT2D eigenvalue weighted by atomic mass is 10.1. The van der Waals surface area contributed by atoms with Gasteiger partial charge in [-0.1, -0.05) is 27.7 Å². The predicted molar refractivity (Wildman–Crippen MR) is 89.7 cm³/mol. The van der Waals surface area contributed by atoms with Crippen LogP contribution in [0.5, 0.6) is 0 Å². The zero-order valence-corrected chi connectivity index (χ0v) is 15.1. The summed E-state index contributed by atoms with van der Waals surface area (Å²) in [5.74, 6) is 0.219. The monoisotopic (exact) mass is 314 g/mol. The Morgan fingerprint density at radius 3 is 2.09 bits per heavy atom. The molecule has 0 spiro atoms. The van der Waals surface area contributed by atoms with E-state index in [-0.39, 0.29) is 18.3 Å². The van der Waals surface area contributed by atoms with Crippen LogP contribution in [0.15, 0.2) is 0 Å². The zero-order chi connectivity index (χ0) is 17.0. The fourth-order valence-electron chi connectivity index (χ4n) is 2.35. The Bertz CT molecular complexity index is 315. The molecule has 0 atom stereocenters. The maximum Gasteiger partial charge on any atom is 0.307 e. The highest BCUT2D eigenvalue weighted by molar-refractivity contribution is 5.77. The molecule has 0 heterocycles. The van der Waals surface area contributed by atoms with Gasteiger partial charge in [0.1, 0.15) is 0 Å². The van der Waals surface area contributed by atoms with E-state index in [1.165, 1.54) is 7.11 Å². The first-order valence-electron chi connectivity index (χ1n) is 8.51. The highest BCUT2D eigenvalue weighted by Gasteiger charge is 2.16. The van der Waals surface area contributed by atoms with Crippen molar-refractivity contribution in [2.24, 2.45) is 5.92 Å². The Balaban J connectivity index is 4.27. The molecule has 0 saturated carbocycles. The minimum absolute atomic E-state index is 0.141. The lowest BCUT2D eigenvalue weighted by molar-refractivity contribution is -0.141. The molecule has 1 amide bonds. The molecule has 0 N–H and O–H groups in total. The third-order valence-corrected chi connectivity index (χ3v) is 3.80. The van der Waals surface area contributed by atoms with Gasteiger partial charge in [-0.25, -0.2) is 0 Å². The summed E-state index contributed by atoms with van der Waals surface area (Å²) in [5.41, 5.74) is 0. The van der Waals surface area contributed by atoms with Gasteiger partial charge in [-0.2, -0.15) is 0 Å². The molecule has 0 aliphatic rings. The molecule has 0 unspecified atom stereocenters. The van der Waals surface area contributed by atoms with Crippen LogP contribution in [0.2, 0.25) is 0 Å². The van der Waals surface area contributed by atoms with Crippen LogP contribution in [-0.4, -0.2) is 61.5 Å². The van der Waals surface area contributed by atoms with Crippen LogP contribution in [0.25, 0.3) is 0 Å². The van der Waals surface area contributed by atoms with Crippen LogP contribution in [0.3, 0.4) is 0 Å². The van der Waals surface area contributed by atoms with Gasteiger partial charge in [0.15, 0.2) is 0 Å². The Morgan fingerprint density at radius 1 is 1.00 bits per heavy atom. The average Bonchev–Trinajstić information content (AvgIpc) is 2.49. The molecule has 0 aliphatic carbocycles. The standard InChI is InChI=1S/C17H34N2O3/c1-6-18(7-2)11-8-9-12-19(13-10-17(21)22-5)16(20)14-15(3)4/h15H,6-14H2,1-5H3. The van der Waals surface area contributed by atoms with Crippen LogP contribution in [0.4, 0.5) is 0 Å². The lowest BCUT2D eigenvalue weighted by Gasteiger charge is -2.24. The Labute approximate surface area is 136 Å². The second kappa shape index (κ2) is 12.4. The fourth-order valence-corrected chi connectivity index (χ4v) is 2.35. The van der Waals surface area contributed by atoms with E-state index in [0.717, 1.165) is 39.0 Å². The summed E-state index contributed by atoms with van der Waals surface area (Å²) in [4.78, 5) is 27.8. The number of rotatable bonds is 12. The molecule has 5 heteroatoms. The minimum Gasteiger partial charge on any atom is -0.469 e. The molecule has 0 bridgehead atoms. The van der Waals surface area contributed by atoms with E-state index in [4.69, 9.17) is 0 Å². The number of esters is 1. The molecular formula is C17H34N2O3. The summed E-state index contributed by atoms with van der Waals surface area (Å²) < 4.78 is 4.66. The van der Waals surface area contributed by atoms with E-state index >= 15 is 0 Å². The number of hydrogen-bond acceptors (Lipinski definition) is 4. The molecule has 5 nitrogen and oxygen atoms in total. The normalized spacial score (nSPS) is 11.0. The third-order valence-electron chi connectivity index (χ3n) is 3.80. The van der Waals surface area contributed by atoms with Crippen molar-refractivity contribution in [3.8, 4) is 0 Å². The number of nitrogens with zero attached hydrogens (tertiary/aromatic N) is 2. The van der Waals surface area contributed by atoms with Gasteiger partial charge in [-0.15, -0.1) is 0 Å². The SMILES string of the molecule is CCN(CC)CCCCN(CCC(=O)OC)C(=O)CC(C)C. The Kier molecular flexibility index (Phi) is 11.8. The van der Waals surface area contributed by atoms with Crippen LogP contribution < -0.4 is 0 Å². The molecule has 22 heavy (non-hydrogen) atoms. The number of hydrogen-bond donors (Lipinski definition) is 0. The molecular weight excluding hydrogens is 280 g/mol. The van der Waals surface area contributed by atoms with Gasteiger partial charge in [-0.05, 0) is 38.4 Å².